The second kappa shape index (κ2) is 10.5. The second-order valence-corrected chi connectivity index (χ2v) is 8.41. The monoisotopic (exact) mass is 459 g/mol. The lowest BCUT2D eigenvalue weighted by Gasteiger charge is -2.16. The van der Waals surface area contributed by atoms with Gasteiger partial charge in [-0.1, -0.05) is 35.5 Å². The number of carbonyl (C=O) groups is 3. The van der Waals surface area contributed by atoms with E-state index < -0.39 is 17.1 Å². The number of amidine groups is 1. The third kappa shape index (κ3) is 6.08. The number of hydrogen-bond donors (Lipinski definition) is 1. The minimum Gasteiger partial charge on any atom is -0.462 e. The van der Waals surface area contributed by atoms with Gasteiger partial charge in [0, 0.05) is 18.0 Å². The van der Waals surface area contributed by atoms with Gasteiger partial charge in [0.05, 0.1) is 17.9 Å². The zero-order valence-corrected chi connectivity index (χ0v) is 18.5. The first-order valence-corrected chi connectivity index (χ1v) is 11.0. The van der Waals surface area contributed by atoms with E-state index in [1.54, 1.807) is 48.2 Å². The van der Waals surface area contributed by atoms with E-state index in [4.69, 9.17) is 22.1 Å². The van der Waals surface area contributed by atoms with Crippen molar-refractivity contribution >= 4 is 52.0 Å². The van der Waals surface area contributed by atoms with Crippen LogP contribution in [0.2, 0.25) is 5.02 Å². The number of ether oxygens (including phenoxy) is 1. The van der Waals surface area contributed by atoms with Crippen molar-refractivity contribution in [2.24, 2.45) is 10.7 Å². The van der Waals surface area contributed by atoms with E-state index in [0.717, 1.165) is 5.56 Å². The van der Waals surface area contributed by atoms with Gasteiger partial charge in [-0.15, -0.1) is 0 Å². The minimum absolute atomic E-state index is 0.0538. The highest BCUT2D eigenvalue weighted by Gasteiger charge is 2.38. The van der Waals surface area contributed by atoms with Crippen LogP contribution >= 0.6 is 23.4 Å². The molecule has 3 rings (SSSR count). The molecule has 2 aromatic rings. The molecule has 1 saturated heterocycles. The van der Waals surface area contributed by atoms with Crippen molar-refractivity contribution in [1.29, 1.82) is 0 Å². The van der Waals surface area contributed by atoms with E-state index in [9.17, 15) is 14.4 Å². The summed E-state index contributed by atoms with van der Waals surface area (Å²) in [6, 6.07) is 14.0. The van der Waals surface area contributed by atoms with Gasteiger partial charge in [-0.3, -0.25) is 14.5 Å². The van der Waals surface area contributed by atoms with Crippen LogP contribution in [0.3, 0.4) is 0 Å². The summed E-state index contributed by atoms with van der Waals surface area (Å²) in [5.74, 6) is -1.14. The Morgan fingerprint density at radius 1 is 1.16 bits per heavy atom. The van der Waals surface area contributed by atoms with Crippen LogP contribution < -0.4 is 5.73 Å². The van der Waals surface area contributed by atoms with Gasteiger partial charge in [-0.05, 0) is 55.3 Å². The topological polar surface area (TPSA) is 102 Å². The van der Waals surface area contributed by atoms with Crippen molar-refractivity contribution in [3.63, 3.8) is 0 Å². The van der Waals surface area contributed by atoms with Crippen LogP contribution in [0.1, 0.15) is 29.3 Å². The highest BCUT2D eigenvalue weighted by molar-refractivity contribution is 8.15. The lowest BCUT2D eigenvalue weighted by atomic mass is 10.1. The summed E-state index contributed by atoms with van der Waals surface area (Å²) in [4.78, 5) is 42.2. The van der Waals surface area contributed by atoms with Crippen molar-refractivity contribution in [1.82, 2.24) is 4.90 Å². The van der Waals surface area contributed by atoms with Crippen molar-refractivity contribution in [3.8, 4) is 0 Å². The van der Waals surface area contributed by atoms with Crippen molar-refractivity contribution in [3.05, 3.63) is 64.7 Å². The Balaban J connectivity index is 1.80. The Hall–Kier alpha value is -2.84. The number of rotatable bonds is 8. The third-order valence-electron chi connectivity index (χ3n) is 4.55. The molecule has 0 saturated carbocycles. The Morgan fingerprint density at radius 2 is 1.84 bits per heavy atom. The predicted molar refractivity (Wildman–Crippen MR) is 122 cm³/mol. The zero-order valence-electron chi connectivity index (χ0n) is 16.9. The standard InChI is InChI=1S/C22H22ClN3O4S/c1-2-30-21(29)15-5-9-17(10-6-15)25-22-26(20(28)18(31-22)13-19(24)27)12-11-14-3-7-16(23)8-4-14/h3-10,18H,2,11-13H2,1H3,(H2,24,27)/t18-/m0/s1. The fraction of sp³-hybridized carbons (Fsp3) is 0.273. The molecule has 0 spiro atoms. The molecule has 1 aliphatic heterocycles. The summed E-state index contributed by atoms with van der Waals surface area (Å²) >= 11 is 7.15. The quantitative estimate of drug-likeness (QED) is 0.608. The van der Waals surface area contributed by atoms with E-state index in [-0.39, 0.29) is 12.3 Å². The second-order valence-electron chi connectivity index (χ2n) is 6.80. The van der Waals surface area contributed by atoms with Crippen molar-refractivity contribution < 1.29 is 19.1 Å². The molecule has 0 radical (unpaired) electrons. The van der Waals surface area contributed by atoms with Gasteiger partial charge in [0.1, 0.15) is 5.25 Å². The molecule has 1 aliphatic rings. The van der Waals surface area contributed by atoms with E-state index in [2.05, 4.69) is 4.99 Å². The first kappa shape index (κ1) is 22.8. The molecule has 2 aromatic carbocycles. The molecule has 7 nitrogen and oxygen atoms in total. The number of benzene rings is 2. The van der Waals surface area contributed by atoms with Gasteiger partial charge in [0.25, 0.3) is 0 Å². The summed E-state index contributed by atoms with van der Waals surface area (Å²) in [6.07, 6.45) is 0.551. The maximum atomic E-state index is 12.9. The molecule has 9 heteroatoms. The molecular weight excluding hydrogens is 438 g/mol. The normalized spacial score (nSPS) is 17.2. The molecule has 0 bridgehead atoms. The molecule has 0 unspecified atom stereocenters. The maximum Gasteiger partial charge on any atom is 0.338 e. The van der Waals surface area contributed by atoms with Crippen LogP contribution in [-0.2, 0) is 20.7 Å². The van der Waals surface area contributed by atoms with Crippen LogP contribution in [0.25, 0.3) is 0 Å². The third-order valence-corrected chi connectivity index (χ3v) is 5.97. The molecule has 2 amide bonds. The lowest BCUT2D eigenvalue weighted by molar-refractivity contribution is -0.128. The van der Waals surface area contributed by atoms with Crippen LogP contribution in [0.4, 0.5) is 5.69 Å². The number of esters is 1. The smallest absolute Gasteiger partial charge is 0.338 e. The highest BCUT2D eigenvalue weighted by atomic mass is 35.5. The van der Waals surface area contributed by atoms with E-state index in [1.165, 1.54) is 11.8 Å². The number of primary amides is 1. The zero-order chi connectivity index (χ0) is 22.4. The Morgan fingerprint density at radius 3 is 2.45 bits per heavy atom. The van der Waals surface area contributed by atoms with Gasteiger partial charge < -0.3 is 10.5 Å². The minimum atomic E-state index is -0.597. The Bertz CT molecular complexity index is 993. The average molecular weight is 460 g/mol. The maximum absolute atomic E-state index is 12.9. The molecule has 1 fully saturated rings. The predicted octanol–water partition coefficient (Wildman–Crippen LogP) is 3.57. The first-order valence-electron chi connectivity index (χ1n) is 9.74. The summed E-state index contributed by atoms with van der Waals surface area (Å²) < 4.78 is 4.98. The number of thioether (sulfide) groups is 1. The molecule has 2 N–H and O–H groups in total. The van der Waals surface area contributed by atoms with E-state index in [0.29, 0.717) is 41.0 Å². The van der Waals surface area contributed by atoms with Gasteiger partial charge >= 0.3 is 5.97 Å². The number of hydrogen-bond acceptors (Lipinski definition) is 6. The summed E-state index contributed by atoms with van der Waals surface area (Å²) in [7, 11) is 0. The van der Waals surface area contributed by atoms with Crippen LogP contribution in [0.5, 0.6) is 0 Å². The lowest BCUT2D eigenvalue weighted by Crippen LogP contribution is -2.35. The Kier molecular flexibility index (Phi) is 7.70. The highest BCUT2D eigenvalue weighted by Crippen LogP contribution is 2.32. The number of nitrogens with zero attached hydrogens (tertiary/aromatic N) is 2. The van der Waals surface area contributed by atoms with E-state index in [1.807, 2.05) is 12.1 Å². The molecule has 0 aromatic heterocycles. The van der Waals surface area contributed by atoms with Gasteiger partial charge in [-0.25, -0.2) is 9.79 Å². The van der Waals surface area contributed by atoms with Crippen LogP contribution in [0, 0.1) is 0 Å². The number of carbonyl (C=O) groups excluding carboxylic acids is 3. The van der Waals surface area contributed by atoms with E-state index >= 15 is 0 Å². The number of aliphatic imine (C=N–C) groups is 1. The molecule has 1 heterocycles. The van der Waals surface area contributed by atoms with Crippen molar-refractivity contribution in [2.75, 3.05) is 13.2 Å². The van der Waals surface area contributed by atoms with Crippen LogP contribution in [-0.4, -0.2) is 46.3 Å². The largest absolute Gasteiger partial charge is 0.462 e. The fourth-order valence-corrected chi connectivity index (χ4v) is 4.33. The number of halogens is 1. The van der Waals surface area contributed by atoms with Crippen LogP contribution in [0.15, 0.2) is 53.5 Å². The summed E-state index contributed by atoms with van der Waals surface area (Å²) in [6.45, 7) is 2.45. The molecule has 162 valence electrons. The van der Waals surface area contributed by atoms with Gasteiger partial charge in [0.2, 0.25) is 11.8 Å². The SMILES string of the molecule is CCOC(=O)c1ccc(N=C2S[C@@H](CC(N)=O)C(=O)N2CCc2ccc(Cl)cc2)cc1. The first-order chi connectivity index (χ1) is 14.9. The molecular formula is C22H22ClN3O4S. The Labute approximate surface area is 189 Å². The fourth-order valence-electron chi connectivity index (χ4n) is 3.00. The molecule has 0 aliphatic carbocycles. The summed E-state index contributed by atoms with van der Waals surface area (Å²) in [5, 5.41) is 0.543. The molecule has 31 heavy (non-hydrogen) atoms. The number of amides is 2. The number of nitrogens with two attached hydrogens (primary N) is 1. The summed E-state index contributed by atoms with van der Waals surface area (Å²) in [5.41, 5.74) is 7.34. The van der Waals surface area contributed by atoms with Gasteiger partial charge in [0.15, 0.2) is 5.17 Å². The molecule has 1 atom stereocenters. The van der Waals surface area contributed by atoms with Gasteiger partial charge in [-0.2, -0.15) is 0 Å². The average Bonchev–Trinajstić information content (AvgIpc) is 3.02. The van der Waals surface area contributed by atoms with Crippen molar-refractivity contribution in [2.45, 2.75) is 25.0 Å².